The van der Waals surface area contributed by atoms with Gasteiger partial charge in [0, 0.05) is 19.3 Å². The van der Waals surface area contributed by atoms with Crippen molar-refractivity contribution in [1.29, 1.82) is 0 Å². The van der Waals surface area contributed by atoms with Crippen LogP contribution in [0.15, 0.2) is 12.3 Å². The maximum atomic E-state index is 13.4. The standard InChI is InChI=1S/C22H28Cl2N4O6/c1-4-33-22-13(10-15(29)34-22)26-20(31)14-6-5-9-28(14)21(32)17(11(2)3)27-19(30)12-7-8-25-18(24)16(12)23/h7-8,11,13-14,17,22H,4-6,9-10H2,1-3H3,(H,26,31)(H,27,30)/t13-,14-,17-,22+/m0/s1. The van der Waals surface area contributed by atoms with Gasteiger partial charge in [0.2, 0.25) is 18.1 Å². The molecule has 0 spiro atoms. The van der Waals surface area contributed by atoms with E-state index in [0.717, 1.165) is 0 Å². The van der Waals surface area contributed by atoms with Crippen molar-refractivity contribution in [3.8, 4) is 0 Å². The van der Waals surface area contributed by atoms with Crippen LogP contribution in [0.5, 0.6) is 0 Å². The van der Waals surface area contributed by atoms with E-state index in [1.165, 1.54) is 17.2 Å². The molecule has 34 heavy (non-hydrogen) atoms. The molecule has 2 aliphatic heterocycles. The monoisotopic (exact) mass is 514 g/mol. The largest absolute Gasteiger partial charge is 0.433 e. The molecular formula is C22H28Cl2N4O6. The Morgan fingerprint density at radius 3 is 2.74 bits per heavy atom. The number of pyridine rings is 1. The Morgan fingerprint density at radius 1 is 1.32 bits per heavy atom. The molecule has 4 atom stereocenters. The lowest BCUT2D eigenvalue weighted by Crippen LogP contribution is -2.56. The van der Waals surface area contributed by atoms with Crippen molar-refractivity contribution in [2.24, 2.45) is 5.92 Å². The summed E-state index contributed by atoms with van der Waals surface area (Å²) in [6.45, 7) is 6.04. The molecule has 186 valence electrons. The fourth-order valence-corrected chi connectivity index (χ4v) is 4.41. The highest BCUT2D eigenvalue weighted by atomic mass is 35.5. The minimum absolute atomic E-state index is 0.00297. The summed E-state index contributed by atoms with van der Waals surface area (Å²) in [6.07, 6.45) is 1.58. The van der Waals surface area contributed by atoms with Crippen LogP contribution in [0.3, 0.4) is 0 Å². The van der Waals surface area contributed by atoms with Crippen LogP contribution in [-0.2, 0) is 23.9 Å². The van der Waals surface area contributed by atoms with E-state index < -0.39 is 42.2 Å². The molecule has 0 radical (unpaired) electrons. The molecule has 0 aromatic carbocycles. The molecule has 2 fully saturated rings. The first-order valence-electron chi connectivity index (χ1n) is 11.2. The number of ether oxygens (including phenoxy) is 2. The van der Waals surface area contributed by atoms with Crippen molar-refractivity contribution >= 4 is 46.9 Å². The maximum Gasteiger partial charge on any atom is 0.310 e. The molecule has 0 unspecified atom stereocenters. The van der Waals surface area contributed by atoms with Gasteiger partial charge in [-0.3, -0.25) is 19.2 Å². The van der Waals surface area contributed by atoms with Gasteiger partial charge in [-0.15, -0.1) is 0 Å². The second kappa shape index (κ2) is 11.3. The van der Waals surface area contributed by atoms with Crippen LogP contribution in [0.25, 0.3) is 0 Å². The topological polar surface area (TPSA) is 127 Å². The SMILES string of the molecule is CCO[C@@H]1OC(=O)C[C@@H]1NC(=O)[C@@H]1CCCN1C(=O)[C@@H](NC(=O)c1ccnc(Cl)c1Cl)C(C)C. The van der Waals surface area contributed by atoms with Crippen LogP contribution in [0, 0.1) is 5.92 Å². The quantitative estimate of drug-likeness (QED) is 0.400. The molecule has 3 heterocycles. The van der Waals surface area contributed by atoms with Crippen LogP contribution < -0.4 is 10.6 Å². The molecule has 12 heteroatoms. The molecule has 10 nitrogen and oxygen atoms in total. The van der Waals surface area contributed by atoms with Crippen LogP contribution in [-0.4, -0.2) is 71.1 Å². The van der Waals surface area contributed by atoms with E-state index in [9.17, 15) is 19.2 Å². The predicted molar refractivity (Wildman–Crippen MR) is 123 cm³/mol. The first-order chi connectivity index (χ1) is 16.1. The average Bonchev–Trinajstić information content (AvgIpc) is 3.40. The van der Waals surface area contributed by atoms with E-state index in [0.29, 0.717) is 26.0 Å². The number of carbonyl (C=O) groups is 4. The first kappa shape index (κ1) is 26.2. The highest BCUT2D eigenvalue weighted by Gasteiger charge is 2.42. The lowest BCUT2D eigenvalue weighted by Gasteiger charge is -2.31. The molecule has 1 aromatic heterocycles. The number of rotatable bonds is 8. The van der Waals surface area contributed by atoms with Gasteiger partial charge in [-0.05, 0) is 31.7 Å². The third-order valence-electron chi connectivity index (χ3n) is 5.77. The van der Waals surface area contributed by atoms with Crippen molar-refractivity contribution in [1.82, 2.24) is 20.5 Å². The van der Waals surface area contributed by atoms with E-state index in [4.69, 9.17) is 32.7 Å². The second-order valence-electron chi connectivity index (χ2n) is 8.48. The molecule has 0 aliphatic carbocycles. The zero-order chi connectivity index (χ0) is 25.0. The van der Waals surface area contributed by atoms with Gasteiger partial charge < -0.3 is 25.0 Å². The Kier molecular flexibility index (Phi) is 8.72. The number of hydrogen-bond donors (Lipinski definition) is 2. The minimum atomic E-state index is -0.892. The fraction of sp³-hybridized carbons (Fsp3) is 0.591. The van der Waals surface area contributed by atoms with Crippen molar-refractivity contribution in [3.05, 3.63) is 28.0 Å². The molecule has 2 saturated heterocycles. The summed E-state index contributed by atoms with van der Waals surface area (Å²) in [5.41, 5.74) is 0.101. The third kappa shape index (κ3) is 5.79. The predicted octanol–water partition coefficient (Wildman–Crippen LogP) is 1.93. The number of likely N-dealkylation sites (tertiary alicyclic amines) is 1. The van der Waals surface area contributed by atoms with Gasteiger partial charge >= 0.3 is 5.97 Å². The van der Waals surface area contributed by atoms with Crippen LogP contribution in [0.1, 0.15) is 50.4 Å². The Morgan fingerprint density at radius 2 is 2.06 bits per heavy atom. The van der Waals surface area contributed by atoms with Crippen molar-refractivity contribution < 1.29 is 28.7 Å². The van der Waals surface area contributed by atoms with Crippen molar-refractivity contribution in [2.45, 2.75) is 64.4 Å². The van der Waals surface area contributed by atoms with E-state index in [-0.39, 0.29) is 34.0 Å². The summed E-state index contributed by atoms with van der Waals surface area (Å²) in [5, 5.41) is 5.49. The number of nitrogens with one attached hydrogen (secondary N) is 2. The lowest BCUT2D eigenvalue weighted by atomic mass is 10.0. The van der Waals surface area contributed by atoms with Crippen LogP contribution in [0.4, 0.5) is 0 Å². The zero-order valence-corrected chi connectivity index (χ0v) is 20.7. The van der Waals surface area contributed by atoms with Gasteiger partial charge in [0.15, 0.2) is 0 Å². The van der Waals surface area contributed by atoms with Crippen LogP contribution in [0.2, 0.25) is 10.2 Å². The Bertz CT molecular complexity index is 959. The molecule has 2 N–H and O–H groups in total. The summed E-state index contributed by atoms with van der Waals surface area (Å²) < 4.78 is 10.5. The van der Waals surface area contributed by atoms with Gasteiger partial charge in [-0.2, -0.15) is 0 Å². The summed E-state index contributed by atoms with van der Waals surface area (Å²) in [4.78, 5) is 56.3. The van der Waals surface area contributed by atoms with Gasteiger partial charge in [-0.25, -0.2) is 4.98 Å². The number of hydrogen-bond acceptors (Lipinski definition) is 7. The molecule has 0 bridgehead atoms. The highest BCUT2D eigenvalue weighted by Crippen LogP contribution is 2.25. The lowest BCUT2D eigenvalue weighted by molar-refractivity contribution is -0.164. The summed E-state index contributed by atoms with van der Waals surface area (Å²) >= 11 is 12.0. The van der Waals surface area contributed by atoms with Gasteiger partial charge in [-0.1, -0.05) is 37.0 Å². The van der Waals surface area contributed by atoms with E-state index in [2.05, 4.69) is 15.6 Å². The Labute approximate surface area is 207 Å². The summed E-state index contributed by atoms with van der Waals surface area (Å²) in [6, 6.07) is -0.840. The van der Waals surface area contributed by atoms with E-state index in [1.807, 2.05) is 0 Å². The molecule has 3 amide bonds. The third-order valence-corrected chi connectivity index (χ3v) is 6.54. The summed E-state index contributed by atoms with van der Waals surface area (Å²) in [5.74, 6) is -2.06. The fourth-order valence-electron chi connectivity index (χ4n) is 4.06. The molecule has 1 aromatic rings. The van der Waals surface area contributed by atoms with Gasteiger partial charge in [0.25, 0.3) is 5.91 Å². The number of nitrogens with zero attached hydrogens (tertiary/aromatic N) is 2. The number of carbonyl (C=O) groups excluding carboxylic acids is 4. The number of halogens is 2. The maximum absolute atomic E-state index is 13.4. The normalized spacial score (nSPS) is 23.1. The number of amides is 3. The summed E-state index contributed by atoms with van der Waals surface area (Å²) in [7, 11) is 0. The van der Waals surface area contributed by atoms with Crippen molar-refractivity contribution in [2.75, 3.05) is 13.2 Å². The van der Waals surface area contributed by atoms with Crippen LogP contribution >= 0.6 is 23.2 Å². The Hall–Kier alpha value is -2.43. The van der Waals surface area contributed by atoms with Gasteiger partial charge in [0.05, 0.1) is 17.0 Å². The van der Waals surface area contributed by atoms with Gasteiger partial charge in [0.1, 0.15) is 23.3 Å². The van der Waals surface area contributed by atoms with E-state index in [1.54, 1.807) is 20.8 Å². The zero-order valence-electron chi connectivity index (χ0n) is 19.2. The second-order valence-corrected chi connectivity index (χ2v) is 9.22. The molecule has 2 aliphatic rings. The molecule has 3 rings (SSSR count). The molecule has 0 saturated carbocycles. The minimum Gasteiger partial charge on any atom is -0.433 e. The van der Waals surface area contributed by atoms with Crippen molar-refractivity contribution in [3.63, 3.8) is 0 Å². The number of aromatic nitrogens is 1. The highest BCUT2D eigenvalue weighted by molar-refractivity contribution is 6.43. The molecular weight excluding hydrogens is 487 g/mol. The average molecular weight is 515 g/mol. The number of esters is 1. The first-order valence-corrected chi connectivity index (χ1v) is 11.9. The Balaban J connectivity index is 1.71. The number of cyclic esters (lactones) is 1. The van der Waals surface area contributed by atoms with E-state index >= 15 is 0 Å². The smallest absolute Gasteiger partial charge is 0.310 e.